The van der Waals surface area contributed by atoms with E-state index in [0.717, 1.165) is 0 Å². The van der Waals surface area contributed by atoms with Crippen LogP contribution < -0.4 is 9.62 Å². The number of hydrogen-bond acceptors (Lipinski definition) is 3. The van der Waals surface area contributed by atoms with Gasteiger partial charge in [0.15, 0.2) is 0 Å². The van der Waals surface area contributed by atoms with Crippen molar-refractivity contribution < 1.29 is 17.6 Å². The van der Waals surface area contributed by atoms with Crippen LogP contribution in [0.4, 0.5) is 10.1 Å². The maximum absolute atomic E-state index is 13.4. The average molecular weight is 376 g/mol. The molecule has 1 saturated heterocycles. The highest BCUT2D eigenvalue weighted by molar-refractivity contribution is 7.89. The second-order valence-corrected chi connectivity index (χ2v) is 8.03. The average Bonchev–Trinajstić information content (AvgIpc) is 2.97. The van der Waals surface area contributed by atoms with Crippen LogP contribution in [0.15, 0.2) is 47.4 Å². The standard InChI is InChI=1S/C19H21FN2O3S/c1-3-14-6-4-5-7-18(14)26(24,25)21-17-10-11-22(19(17)23)15-8-9-16(20)13(2)12-15/h4-9,12,17,21H,3,10-11H2,1-2H3/t17-/m1/s1. The van der Waals surface area contributed by atoms with Crippen molar-refractivity contribution >= 4 is 21.6 Å². The van der Waals surface area contributed by atoms with E-state index in [2.05, 4.69) is 4.72 Å². The third-order valence-electron chi connectivity index (χ3n) is 4.60. The van der Waals surface area contributed by atoms with Crippen molar-refractivity contribution in [2.75, 3.05) is 11.4 Å². The second-order valence-electron chi connectivity index (χ2n) is 6.35. The van der Waals surface area contributed by atoms with Crippen LogP contribution >= 0.6 is 0 Å². The summed E-state index contributed by atoms with van der Waals surface area (Å²) < 4.78 is 41.4. The van der Waals surface area contributed by atoms with Gasteiger partial charge in [0.1, 0.15) is 11.9 Å². The van der Waals surface area contributed by atoms with Crippen molar-refractivity contribution in [1.82, 2.24) is 4.72 Å². The number of aryl methyl sites for hydroxylation is 2. The fraction of sp³-hybridized carbons (Fsp3) is 0.316. The molecule has 1 aliphatic rings. The lowest BCUT2D eigenvalue weighted by Gasteiger charge is -2.18. The number of amides is 1. The Hall–Kier alpha value is -2.25. The third kappa shape index (κ3) is 3.50. The largest absolute Gasteiger partial charge is 0.311 e. The Balaban J connectivity index is 1.81. The summed E-state index contributed by atoms with van der Waals surface area (Å²) in [5.41, 5.74) is 1.72. The van der Waals surface area contributed by atoms with Crippen molar-refractivity contribution in [3.05, 3.63) is 59.4 Å². The number of halogens is 1. The Morgan fingerprint density at radius 2 is 1.96 bits per heavy atom. The van der Waals surface area contributed by atoms with E-state index >= 15 is 0 Å². The summed E-state index contributed by atoms with van der Waals surface area (Å²) in [7, 11) is -3.80. The van der Waals surface area contributed by atoms with Gasteiger partial charge in [-0.15, -0.1) is 0 Å². The van der Waals surface area contributed by atoms with E-state index < -0.39 is 16.1 Å². The fourth-order valence-corrected chi connectivity index (χ4v) is 4.69. The summed E-state index contributed by atoms with van der Waals surface area (Å²) in [5.74, 6) is -0.664. The molecule has 0 unspecified atom stereocenters. The van der Waals surface area contributed by atoms with Crippen LogP contribution in [0, 0.1) is 12.7 Å². The number of hydrogen-bond donors (Lipinski definition) is 1. The summed E-state index contributed by atoms with van der Waals surface area (Å²) in [4.78, 5) is 14.4. The van der Waals surface area contributed by atoms with Crippen molar-refractivity contribution in [3.8, 4) is 0 Å². The minimum Gasteiger partial charge on any atom is -0.311 e. The number of anilines is 1. The van der Waals surface area contributed by atoms with Gasteiger partial charge in [0.2, 0.25) is 15.9 Å². The SMILES string of the molecule is CCc1ccccc1S(=O)(=O)N[C@@H]1CCN(c2ccc(F)c(C)c2)C1=O. The first kappa shape index (κ1) is 18.5. The Morgan fingerprint density at radius 3 is 2.65 bits per heavy atom. The minimum absolute atomic E-state index is 0.200. The first-order valence-electron chi connectivity index (χ1n) is 8.51. The quantitative estimate of drug-likeness (QED) is 0.873. The van der Waals surface area contributed by atoms with Crippen LogP contribution in [-0.4, -0.2) is 26.9 Å². The van der Waals surface area contributed by atoms with Gasteiger partial charge in [0.05, 0.1) is 4.90 Å². The smallest absolute Gasteiger partial charge is 0.245 e. The summed E-state index contributed by atoms with van der Waals surface area (Å²) in [6.45, 7) is 3.89. The lowest BCUT2D eigenvalue weighted by molar-refractivity contribution is -0.118. The second kappa shape index (κ2) is 7.17. The van der Waals surface area contributed by atoms with E-state index in [9.17, 15) is 17.6 Å². The monoisotopic (exact) mass is 376 g/mol. The molecule has 0 radical (unpaired) electrons. The number of nitrogens with one attached hydrogen (secondary N) is 1. The molecule has 0 aliphatic carbocycles. The molecule has 0 bridgehead atoms. The molecular formula is C19H21FN2O3S. The van der Waals surface area contributed by atoms with Crippen molar-refractivity contribution in [3.63, 3.8) is 0 Å². The third-order valence-corrected chi connectivity index (χ3v) is 6.17. The molecule has 138 valence electrons. The first-order valence-corrected chi connectivity index (χ1v) is 9.99. The zero-order valence-corrected chi connectivity index (χ0v) is 15.5. The maximum Gasteiger partial charge on any atom is 0.245 e. The molecular weight excluding hydrogens is 355 g/mol. The molecule has 2 aromatic carbocycles. The number of carbonyl (C=O) groups is 1. The minimum atomic E-state index is -3.80. The molecule has 3 rings (SSSR count). The highest BCUT2D eigenvalue weighted by Crippen LogP contribution is 2.25. The molecule has 0 saturated carbocycles. The summed E-state index contributed by atoms with van der Waals surface area (Å²) in [5, 5.41) is 0. The van der Waals surface area contributed by atoms with Gasteiger partial charge in [-0.1, -0.05) is 25.1 Å². The Morgan fingerprint density at radius 1 is 1.23 bits per heavy atom. The van der Waals surface area contributed by atoms with Gasteiger partial charge in [-0.05, 0) is 55.2 Å². The molecule has 1 heterocycles. The topological polar surface area (TPSA) is 66.5 Å². The van der Waals surface area contributed by atoms with Crippen molar-refractivity contribution in [1.29, 1.82) is 0 Å². The van der Waals surface area contributed by atoms with Gasteiger partial charge in [0.25, 0.3) is 0 Å². The maximum atomic E-state index is 13.4. The summed E-state index contributed by atoms with van der Waals surface area (Å²) in [6.07, 6.45) is 0.944. The highest BCUT2D eigenvalue weighted by atomic mass is 32.2. The molecule has 2 aromatic rings. The molecule has 1 N–H and O–H groups in total. The highest BCUT2D eigenvalue weighted by Gasteiger charge is 2.36. The summed E-state index contributed by atoms with van der Waals surface area (Å²) >= 11 is 0. The molecule has 1 amide bonds. The van der Waals surface area contributed by atoms with Gasteiger partial charge in [-0.25, -0.2) is 12.8 Å². The lowest BCUT2D eigenvalue weighted by Crippen LogP contribution is -2.41. The zero-order chi connectivity index (χ0) is 18.9. The Bertz CT molecular complexity index is 944. The number of sulfonamides is 1. The van der Waals surface area contributed by atoms with Crippen molar-refractivity contribution in [2.24, 2.45) is 0 Å². The molecule has 1 atom stereocenters. The molecule has 7 heteroatoms. The predicted octanol–water partition coefficient (Wildman–Crippen LogP) is 2.78. The number of carbonyl (C=O) groups excluding carboxylic acids is 1. The lowest BCUT2D eigenvalue weighted by atomic mass is 10.2. The zero-order valence-electron chi connectivity index (χ0n) is 14.7. The van der Waals surface area contributed by atoms with E-state index in [4.69, 9.17) is 0 Å². The van der Waals surface area contributed by atoms with Gasteiger partial charge < -0.3 is 4.90 Å². The van der Waals surface area contributed by atoms with E-state index in [-0.39, 0.29) is 16.6 Å². The van der Waals surface area contributed by atoms with Crippen LogP contribution in [0.5, 0.6) is 0 Å². The molecule has 5 nitrogen and oxygen atoms in total. The molecule has 0 spiro atoms. The number of benzene rings is 2. The van der Waals surface area contributed by atoms with E-state index in [1.165, 1.54) is 17.0 Å². The van der Waals surface area contributed by atoms with Gasteiger partial charge in [-0.3, -0.25) is 4.79 Å². The molecule has 1 aliphatic heterocycles. The van der Waals surface area contributed by atoms with Gasteiger partial charge in [-0.2, -0.15) is 4.72 Å². The number of nitrogens with zero attached hydrogens (tertiary/aromatic N) is 1. The molecule has 0 aromatic heterocycles. The molecule has 1 fully saturated rings. The first-order chi connectivity index (χ1) is 12.3. The van der Waals surface area contributed by atoms with Crippen molar-refractivity contribution in [2.45, 2.75) is 37.6 Å². The van der Waals surface area contributed by atoms with Crippen LogP contribution in [0.3, 0.4) is 0 Å². The van der Waals surface area contributed by atoms with E-state index in [1.54, 1.807) is 37.3 Å². The van der Waals surface area contributed by atoms with Crippen LogP contribution in [0.2, 0.25) is 0 Å². The summed E-state index contributed by atoms with van der Waals surface area (Å²) in [6, 6.07) is 10.4. The number of rotatable bonds is 5. The van der Waals surface area contributed by atoms with E-state index in [0.29, 0.717) is 36.2 Å². The van der Waals surface area contributed by atoms with Gasteiger partial charge in [0, 0.05) is 12.2 Å². The van der Waals surface area contributed by atoms with Crippen LogP contribution in [0.25, 0.3) is 0 Å². The normalized spacial score (nSPS) is 17.7. The fourth-order valence-electron chi connectivity index (χ4n) is 3.15. The van der Waals surface area contributed by atoms with Gasteiger partial charge >= 0.3 is 0 Å². The van der Waals surface area contributed by atoms with Crippen LogP contribution in [0.1, 0.15) is 24.5 Å². The van der Waals surface area contributed by atoms with E-state index in [1.807, 2.05) is 6.92 Å². The molecule has 26 heavy (non-hydrogen) atoms. The van der Waals surface area contributed by atoms with Crippen LogP contribution in [-0.2, 0) is 21.2 Å². The Labute approximate surface area is 152 Å². The Kier molecular flexibility index (Phi) is 5.11. The predicted molar refractivity (Wildman–Crippen MR) is 98.0 cm³/mol.